The lowest BCUT2D eigenvalue weighted by atomic mass is 9.73. The number of nitrogens with two attached hydrogens (primary N) is 1. The topological polar surface area (TPSA) is 375 Å². The number of carbonyl (C=O) groups excluding carboxylic acids is 7. The van der Waals surface area contributed by atoms with Crippen LogP contribution in [0, 0.1) is 11.8 Å². The van der Waals surface area contributed by atoms with Crippen LogP contribution in [0.4, 0.5) is 0 Å². The molecular formula is C59H68N2O21. The van der Waals surface area contributed by atoms with Gasteiger partial charge in [0.25, 0.3) is 0 Å². The number of ether oxygens (including phenoxy) is 6. The first-order valence-corrected chi connectivity index (χ1v) is 27.0. The monoisotopic (exact) mass is 1140 g/mol. The number of benzene rings is 4. The molecule has 0 amide bonds. The van der Waals surface area contributed by atoms with E-state index in [4.69, 9.17) is 34.2 Å². The number of aromatic hydroxyl groups is 4. The summed E-state index contributed by atoms with van der Waals surface area (Å²) in [5.74, 6) is -7.17. The summed E-state index contributed by atoms with van der Waals surface area (Å²) >= 11 is 0. The Hall–Kier alpha value is -7.03. The fourth-order valence-electron chi connectivity index (χ4n) is 11.9. The van der Waals surface area contributed by atoms with E-state index in [2.05, 4.69) is 5.32 Å². The maximum absolute atomic E-state index is 13.7. The van der Waals surface area contributed by atoms with E-state index in [0.717, 1.165) is 6.29 Å². The van der Waals surface area contributed by atoms with Crippen molar-refractivity contribution < 1.29 is 103 Å². The molecule has 0 spiro atoms. The van der Waals surface area contributed by atoms with Crippen LogP contribution in [0.1, 0.15) is 158 Å². The standard InChI is InChI=1S/C29H33NO10.C27H29NO10.C3H6O/c1-4-30-16-10-20(39-12(2)25(16)33)40-19-9-13(17(32)11-31)8-15-22(19)29(37)24-23(27(15)35)26(34)14-6-5-7-18(38-3)21(14)28(24)36;1-10-23(31)14(28)8-18(37-10)38-17-7-11(15(30)9-29)6-13-20(17)27(35)22-21(25(13)33)24(32)12-4-3-5-16(36-2)19(12)26(22)34;1-2-3-4/h5-7,12-13,16,19-20,25,30-31,33,35,37H,4,8-11H2,1-3H3;3-5,10-11,14,17-18,23,29,31,33,35H,6-9,28H2,1-2H3;3H,2H2,1H3/t12-,13+,16-,19-,20-,25+;10-,11+,14-,17-,18-,23+;/m00./s1. The second-order valence-electron chi connectivity index (χ2n) is 20.9. The van der Waals surface area contributed by atoms with E-state index in [1.54, 1.807) is 19.9 Å². The van der Waals surface area contributed by atoms with Gasteiger partial charge < -0.3 is 85.1 Å². The summed E-state index contributed by atoms with van der Waals surface area (Å²) in [6.45, 7) is 6.16. The quantitative estimate of drug-likeness (QED) is 0.0587. The van der Waals surface area contributed by atoms with E-state index in [9.17, 15) is 74.4 Å². The van der Waals surface area contributed by atoms with Gasteiger partial charge in [0.15, 0.2) is 35.7 Å². The first-order valence-electron chi connectivity index (χ1n) is 27.0. The maximum Gasteiger partial charge on any atom is 0.202 e. The molecule has 0 aromatic heterocycles. The molecule has 440 valence electrons. The SMILES string of the molecule is CCC=O.CCN[C@H]1C[C@H](O[C@H]2C[C@H](C(=O)CO)Cc3c(O)c4c(c(O)c32)C(=O)c2c(OC)cccc2C4=O)O[C@@H](C)[C@H]1O.COc1cccc2c1C(=O)c1c(O)c3c(c(O)c1C2=O)C[C@@H](C(=O)CO)C[C@@H]3O[C@H]1C[C@H](N)[C@H](O)[C@H](C)O1. The van der Waals surface area contributed by atoms with Crippen molar-refractivity contribution in [3.8, 4) is 34.5 Å². The number of nitrogens with one attached hydrogen (secondary N) is 1. The minimum atomic E-state index is -1.06. The molecule has 2 fully saturated rings. The number of likely N-dealkylation sites (N-methyl/N-ethyl adjacent to an activating group) is 1. The molecule has 0 unspecified atom stereocenters. The highest BCUT2D eigenvalue weighted by molar-refractivity contribution is 6.32. The second kappa shape index (κ2) is 25.2. The maximum atomic E-state index is 13.7. The van der Waals surface area contributed by atoms with E-state index in [1.165, 1.54) is 44.6 Å². The van der Waals surface area contributed by atoms with Gasteiger partial charge in [0.05, 0.1) is 84.2 Å². The number of methoxy groups -OCH3 is 2. The third kappa shape index (κ3) is 11.0. The zero-order chi connectivity index (χ0) is 59.8. The Labute approximate surface area is 470 Å². The van der Waals surface area contributed by atoms with E-state index in [1.807, 2.05) is 13.8 Å². The molecule has 4 aromatic carbocycles. The van der Waals surface area contributed by atoms with Crippen LogP contribution >= 0.6 is 0 Å². The van der Waals surface area contributed by atoms with E-state index < -0.39 is 138 Å². The van der Waals surface area contributed by atoms with Gasteiger partial charge in [0, 0.05) is 76.6 Å². The van der Waals surface area contributed by atoms with Crippen LogP contribution in [0.2, 0.25) is 0 Å². The van der Waals surface area contributed by atoms with Gasteiger partial charge in [-0.2, -0.15) is 0 Å². The summed E-state index contributed by atoms with van der Waals surface area (Å²) in [6, 6.07) is 8.00. The highest BCUT2D eigenvalue weighted by atomic mass is 16.7. The van der Waals surface area contributed by atoms with Gasteiger partial charge >= 0.3 is 0 Å². The second-order valence-corrected chi connectivity index (χ2v) is 20.9. The molecule has 82 heavy (non-hydrogen) atoms. The molecular weight excluding hydrogens is 1070 g/mol. The molecule has 0 radical (unpaired) electrons. The number of carbonyl (C=O) groups is 7. The predicted molar refractivity (Wildman–Crippen MR) is 286 cm³/mol. The van der Waals surface area contributed by atoms with Crippen molar-refractivity contribution in [2.45, 2.75) is 134 Å². The molecule has 2 saturated heterocycles. The van der Waals surface area contributed by atoms with Crippen molar-refractivity contribution in [3.05, 3.63) is 103 Å². The fraction of sp³-hybridized carbons (Fsp3) is 0.475. The van der Waals surface area contributed by atoms with Gasteiger partial charge in [-0.05, 0) is 58.2 Å². The highest BCUT2D eigenvalue weighted by Gasteiger charge is 2.48. The Morgan fingerprint density at radius 3 is 1.40 bits per heavy atom. The number of hydrogen-bond acceptors (Lipinski definition) is 23. The molecule has 11 N–H and O–H groups in total. The van der Waals surface area contributed by atoms with Crippen LogP contribution in [0.5, 0.6) is 34.5 Å². The number of rotatable bonds is 13. The van der Waals surface area contributed by atoms with Crippen LogP contribution in [-0.2, 0) is 46.2 Å². The summed E-state index contributed by atoms with van der Waals surface area (Å²) in [7, 11) is 2.71. The number of aliphatic hydroxyl groups excluding tert-OH is 4. The zero-order valence-corrected chi connectivity index (χ0v) is 46.0. The van der Waals surface area contributed by atoms with Gasteiger partial charge in [0.2, 0.25) is 11.6 Å². The summed E-state index contributed by atoms with van der Waals surface area (Å²) in [4.78, 5) is 88.7. The van der Waals surface area contributed by atoms with Crippen molar-refractivity contribution in [1.29, 1.82) is 0 Å². The van der Waals surface area contributed by atoms with Crippen LogP contribution in [0.3, 0.4) is 0 Å². The Balaban J connectivity index is 0.000000202. The summed E-state index contributed by atoms with van der Waals surface area (Å²) in [5, 5.41) is 88.7. The normalized spacial score (nSPS) is 26.9. The zero-order valence-electron chi connectivity index (χ0n) is 46.0. The molecule has 23 nitrogen and oxygen atoms in total. The lowest BCUT2D eigenvalue weighted by Crippen LogP contribution is -2.54. The molecule has 0 saturated carbocycles. The molecule has 0 bridgehead atoms. The number of phenols is 4. The van der Waals surface area contributed by atoms with Crippen molar-refractivity contribution in [2.24, 2.45) is 17.6 Å². The van der Waals surface area contributed by atoms with Gasteiger partial charge in [-0.15, -0.1) is 0 Å². The Kier molecular flexibility index (Phi) is 18.8. The number of phenolic OH excluding ortho intramolecular Hbond substituents is 4. The smallest absolute Gasteiger partial charge is 0.202 e. The number of fused-ring (bicyclic) bond motifs is 6. The molecule has 6 aliphatic rings. The lowest BCUT2D eigenvalue weighted by molar-refractivity contribution is -0.246. The van der Waals surface area contributed by atoms with E-state index >= 15 is 0 Å². The van der Waals surface area contributed by atoms with Crippen LogP contribution in [-0.4, -0.2) is 165 Å². The molecule has 2 aliphatic heterocycles. The molecule has 10 rings (SSSR count). The van der Waals surface area contributed by atoms with Crippen molar-refractivity contribution in [2.75, 3.05) is 34.0 Å². The van der Waals surface area contributed by atoms with Crippen LogP contribution in [0.15, 0.2) is 36.4 Å². The van der Waals surface area contributed by atoms with Gasteiger partial charge in [-0.25, -0.2) is 0 Å². The third-order valence-corrected chi connectivity index (χ3v) is 16.0. The first kappa shape index (κ1) is 61.1. The summed E-state index contributed by atoms with van der Waals surface area (Å²) in [6.07, 6.45) is -5.08. The minimum Gasteiger partial charge on any atom is -0.507 e. The number of aldehydes is 1. The van der Waals surface area contributed by atoms with Crippen LogP contribution < -0.4 is 20.5 Å². The number of aliphatic hydroxyl groups is 4. The molecule has 4 aliphatic carbocycles. The average molecular weight is 1140 g/mol. The lowest BCUT2D eigenvalue weighted by Gasteiger charge is -2.41. The van der Waals surface area contributed by atoms with Gasteiger partial charge in [-0.1, -0.05) is 38.1 Å². The number of Topliss-reactive ketones (excluding diaryl/α,β-unsaturated/α-hetero) is 2. The fourth-order valence-corrected chi connectivity index (χ4v) is 11.9. The molecule has 2 heterocycles. The summed E-state index contributed by atoms with van der Waals surface area (Å²) < 4.78 is 34.6. The van der Waals surface area contributed by atoms with Crippen molar-refractivity contribution in [3.63, 3.8) is 0 Å². The largest absolute Gasteiger partial charge is 0.507 e. The highest BCUT2D eigenvalue weighted by Crippen LogP contribution is 2.54. The number of hydrogen-bond donors (Lipinski definition) is 10. The van der Waals surface area contributed by atoms with Gasteiger partial charge in [-0.3, -0.25) is 28.8 Å². The first-order chi connectivity index (χ1) is 39.1. The Morgan fingerprint density at radius 2 is 1.02 bits per heavy atom. The Bertz CT molecular complexity index is 3180. The minimum absolute atomic E-state index is 0.00621. The van der Waals surface area contributed by atoms with Gasteiger partial charge in [0.1, 0.15) is 54.0 Å². The molecule has 4 aromatic rings. The predicted octanol–water partition coefficient (Wildman–Crippen LogP) is 3.02. The average Bonchev–Trinajstić information content (AvgIpc) is 1.54. The number of ketones is 6. The van der Waals surface area contributed by atoms with Crippen molar-refractivity contribution >= 4 is 41.0 Å². The summed E-state index contributed by atoms with van der Waals surface area (Å²) in [5.41, 5.74) is 4.86. The molecule has 12 atom stereocenters. The molecule has 23 heteroatoms. The van der Waals surface area contributed by atoms with E-state index in [0.29, 0.717) is 13.0 Å². The van der Waals surface area contributed by atoms with Crippen molar-refractivity contribution in [1.82, 2.24) is 5.32 Å². The third-order valence-electron chi connectivity index (χ3n) is 16.0. The van der Waals surface area contributed by atoms with E-state index in [-0.39, 0.29) is 123 Å². The van der Waals surface area contributed by atoms with Crippen LogP contribution in [0.25, 0.3) is 0 Å². The Morgan fingerprint density at radius 1 is 0.622 bits per heavy atom.